The minimum atomic E-state index is -1.86. The minimum Gasteiger partial charge on any atom is -0.424 e. The van der Waals surface area contributed by atoms with Crippen molar-refractivity contribution in [3.63, 3.8) is 0 Å². The van der Waals surface area contributed by atoms with Crippen molar-refractivity contribution in [3.8, 4) is 34.4 Å². The van der Waals surface area contributed by atoms with Crippen LogP contribution in [-0.2, 0) is 20.1 Å². The highest BCUT2D eigenvalue weighted by molar-refractivity contribution is 5.85. The van der Waals surface area contributed by atoms with Gasteiger partial charge in [-0.3, -0.25) is 4.79 Å². The number of benzene rings is 2. The van der Waals surface area contributed by atoms with Gasteiger partial charge in [0, 0.05) is 30.8 Å². The van der Waals surface area contributed by atoms with Gasteiger partial charge in [0.15, 0.2) is 5.82 Å². The van der Waals surface area contributed by atoms with Crippen molar-refractivity contribution in [1.29, 1.82) is 0 Å². The lowest BCUT2D eigenvalue weighted by molar-refractivity contribution is -0.277. The summed E-state index contributed by atoms with van der Waals surface area (Å²) in [6.07, 6.45) is 1.91. The Hall–Kier alpha value is -4.19. The van der Waals surface area contributed by atoms with Crippen LogP contribution in [0.1, 0.15) is 19.2 Å². The predicted octanol–water partition coefficient (Wildman–Crippen LogP) is 3.80. The molecule has 1 aliphatic rings. The summed E-state index contributed by atoms with van der Waals surface area (Å²) in [7, 11) is 0. The Balaban J connectivity index is 1.59. The molecule has 11 heteroatoms. The first-order chi connectivity index (χ1) is 19.0. The molecule has 39 heavy (non-hydrogen) atoms. The highest BCUT2D eigenvalue weighted by atomic mass is 19.1. The normalized spacial score (nSPS) is 19.0. The summed E-state index contributed by atoms with van der Waals surface area (Å²) in [6, 6.07) is 16.7. The number of aromatic nitrogens is 4. The lowest BCUT2D eigenvalue weighted by Crippen LogP contribution is -2.53. The van der Waals surface area contributed by atoms with E-state index in [2.05, 4.69) is 20.3 Å². The standard InChI is InChI=1S/C28H28FN5O5/c1-18-16-37-28(38-17-18,26(36)30-13-5-15-35)25-33-23(19-8-10-20(29)11-9-19)24(34-25)22-12-14-31-27(32-22)39-21-6-3-2-4-7-21/h2-4,6-12,14,18,35H,5,13,15-17H2,1H3,(H,30,36)(H,33,34). The summed E-state index contributed by atoms with van der Waals surface area (Å²) in [5, 5.41) is 11.9. The minimum absolute atomic E-state index is 0.0638. The number of halogens is 1. The summed E-state index contributed by atoms with van der Waals surface area (Å²) in [5.41, 5.74) is 1.85. The number of hydrogen-bond donors (Lipinski definition) is 3. The van der Waals surface area contributed by atoms with Crippen molar-refractivity contribution in [3.05, 3.63) is 78.5 Å². The summed E-state index contributed by atoms with van der Waals surface area (Å²) in [5.74, 6) is -2.07. The fourth-order valence-corrected chi connectivity index (χ4v) is 4.04. The van der Waals surface area contributed by atoms with Gasteiger partial charge in [-0.15, -0.1) is 0 Å². The van der Waals surface area contributed by atoms with Crippen LogP contribution < -0.4 is 10.1 Å². The van der Waals surface area contributed by atoms with Crippen LogP contribution in [0.15, 0.2) is 66.9 Å². The molecule has 2 aromatic heterocycles. The van der Waals surface area contributed by atoms with E-state index in [0.29, 0.717) is 34.8 Å². The number of imidazole rings is 1. The van der Waals surface area contributed by atoms with E-state index in [1.807, 2.05) is 25.1 Å². The molecule has 1 saturated heterocycles. The highest BCUT2D eigenvalue weighted by Gasteiger charge is 2.49. The molecule has 1 aliphatic heterocycles. The van der Waals surface area contributed by atoms with Crippen molar-refractivity contribution in [1.82, 2.24) is 25.3 Å². The number of carbonyl (C=O) groups excluding carboxylic acids is 1. The summed E-state index contributed by atoms with van der Waals surface area (Å²) in [4.78, 5) is 30.1. The van der Waals surface area contributed by atoms with Crippen LogP contribution in [0.4, 0.5) is 4.39 Å². The van der Waals surface area contributed by atoms with Gasteiger partial charge < -0.3 is 29.6 Å². The fourth-order valence-electron chi connectivity index (χ4n) is 4.04. The molecule has 4 aromatic rings. The SMILES string of the molecule is CC1COC(C(=O)NCCCO)(c2nc(-c3ccc(F)cc3)c(-c3ccnc(Oc4ccccc4)n3)[nH]2)OC1. The Morgan fingerprint density at radius 1 is 1.13 bits per heavy atom. The molecule has 10 nitrogen and oxygen atoms in total. The first-order valence-electron chi connectivity index (χ1n) is 12.6. The molecular formula is C28H28FN5O5. The molecule has 0 bridgehead atoms. The first kappa shape index (κ1) is 26.4. The zero-order chi connectivity index (χ0) is 27.2. The van der Waals surface area contributed by atoms with E-state index in [-0.39, 0.29) is 44.1 Å². The van der Waals surface area contributed by atoms with Crippen LogP contribution in [0.5, 0.6) is 11.8 Å². The summed E-state index contributed by atoms with van der Waals surface area (Å²) >= 11 is 0. The number of rotatable bonds is 9. The van der Waals surface area contributed by atoms with Crippen LogP contribution in [-0.4, -0.2) is 57.3 Å². The van der Waals surface area contributed by atoms with E-state index in [4.69, 9.17) is 24.3 Å². The van der Waals surface area contributed by atoms with Crippen LogP contribution in [0.2, 0.25) is 0 Å². The zero-order valence-corrected chi connectivity index (χ0v) is 21.3. The van der Waals surface area contributed by atoms with E-state index in [9.17, 15) is 9.18 Å². The van der Waals surface area contributed by atoms with Gasteiger partial charge in [0.1, 0.15) is 11.6 Å². The second-order valence-corrected chi connectivity index (χ2v) is 9.13. The van der Waals surface area contributed by atoms with Gasteiger partial charge in [-0.2, -0.15) is 4.98 Å². The lowest BCUT2D eigenvalue weighted by Gasteiger charge is -2.36. The molecule has 2 aromatic carbocycles. The number of hydrogen-bond acceptors (Lipinski definition) is 8. The third-order valence-electron chi connectivity index (χ3n) is 6.04. The molecule has 0 aliphatic carbocycles. The molecule has 3 N–H and O–H groups in total. The predicted molar refractivity (Wildman–Crippen MR) is 139 cm³/mol. The molecule has 1 fully saturated rings. The number of nitrogens with zero attached hydrogens (tertiary/aromatic N) is 3. The number of para-hydroxylation sites is 1. The van der Waals surface area contributed by atoms with Crippen LogP contribution in [0, 0.1) is 11.7 Å². The Morgan fingerprint density at radius 3 is 2.59 bits per heavy atom. The number of aliphatic hydroxyl groups excluding tert-OH is 1. The smallest absolute Gasteiger partial charge is 0.322 e. The maximum atomic E-state index is 13.8. The van der Waals surface area contributed by atoms with E-state index in [0.717, 1.165) is 0 Å². The lowest BCUT2D eigenvalue weighted by atomic mass is 10.1. The second-order valence-electron chi connectivity index (χ2n) is 9.13. The Morgan fingerprint density at radius 2 is 1.87 bits per heavy atom. The molecule has 5 rings (SSSR count). The third-order valence-corrected chi connectivity index (χ3v) is 6.04. The number of ether oxygens (including phenoxy) is 3. The number of H-pyrrole nitrogens is 1. The van der Waals surface area contributed by atoms with Crippen molar-refractivity contribution in [2.45, 2.75) is 19.1 Å². The first-order valence-corrected chi connectivity index (χ1v) is 12.6. The molecule has 202 valence electrons. The molecule has 1 amide bonds. The Kier molecular flexibility index (Phi) is 7.92. The fraction of sp³-hybridized carbons (Fsp3) is 0.286. The van der Waals surface area contributed by atoms with E-state index in [1.165, 1.54) is 12.1 Å². The van der Waals surface area contributed by atoms with Crippen molar-refractivity contribution >= 4 is 5.91 Å². The number of amides is 1. The number of aromatic amines is 1. The zero-order valence-electron chi connectivity index (χ0n) is 21.3. The van der Waals surface area contributed by atoms with Gasteiger partial charge in [0.2, 0.25) is 0 Å². The average molecular weight is 534 g/mol. The topological polar surface area (TPSA) is 131 Å². The molecule has 0 unspecified atom stereocenters. The molecule has 0 spiro atoms. The molecule has 0 radical (unpaired) electrons. The van der Waals surface area contributed by atoms with E-state index < -0.39 is 17.5 Å². The van der Waals surface area contributed by atoms with Gasteiger partial charge in [0.25, 0.3) is 5.91 Å². The third kappa shape index (κ3) is 5.80. The number of aliphatic hydroxyl groups is 1. The second kappa shape index (κ2) is 11.7. The Labute approximate surface area is 224 Å². The molecule has 3 heterocycles. The van der Waals surface area contributed by atoms with E-state index >= 15 is 0 Å². The quantitative estimate of drug-likeness (QED) is 0.277. The van der Waals surface area contributed by atoms with Crippen molar-refractivity contribution < 1.29 is 28.5 Å². The molecule has 0 atom stereocenters. The maximum Gasteiger partial charge on any atom is 0.322 e. The summed E-state index contributed by atoms with van der Waals surface area (Å²) in [6.45, 7) is 2.62. The number of carbonyl (C=O) groups is 1. The largest absolute Gasteiger partial charge is 0.424 e. The van der Waals surface area contributed by atoms with Crippen LogP contribution in [0.25, 0.3) is 22.6 Å². The van der Waals surface area contributed by atoms with Gasteiger partial charge in [-0.1, -0.05) is 25.1 Å². The van der Waals surface area contributed by atoms with Gasteiger partial charge in [0.05, 0.1) is 30.3 Å². The molecular weight excluding hydrogens is 505 g/mol. The Bertz CT molecular complexity index is 1410. The maximum absolute atomic E-state index is 13.8. The van der Waals surface area contributed by atoms with Crippen LogP contribution >= 0.6 is 0 Å². The monoisotopic (exact) mass is 533 g/mol. The number of nitrogens with one attached hydrogen (secondary N) is 2. The highest BCUT2D eigenvalue weighted by Crippen LogP contribution is 2.37. The van der Waals surface area contributed by atoms with Gasteiger partial charge >= 0.3 is 11.8 Å². The van der Waals surface area contributed by atoms with Crippen molar-refractivity contribution in [2.75, 3.05) is 26.4 Å². The van der Waals surface area contributed by atoms with Crippen molar-refractivity contribution in [2.24, 2.45) is 5.92 Å². The summed E-state index contributed by atoms with van der Waals surface area (Å²) < 4.78 is 31.6. The van der Waals surface area contributed by atoms with Gasteiger partial charge in [-0.05, 0) is 48.9 Å². The van der Waals surface area contributed by atoms with Gasteiger partial charge in [-0.25, -0.2) is 14.4 Å². The van der Waals surface area contributed by atoms with E-state index in [1.54, 1.807) is 36.5 Å². The van der Waals surface area contributed by atoms with Crippen LogP contribution in [0.3, 0.4) is 0 Å². The molecule has 0 saturated carbocycles. The average Bonchev–Trinajstić information content (AvgIpc) is 3.41.